The molecule has 3 aromatic rings. The number of nitrogens with one attached hydrogen (secondary N) is 13. The first-order valence-electron chi connectivity index (χ1n) is 40.3. The van der Waals surface area contributed by atoms with Crippen molar-refractivity contribution in [3.05, 3.63) is 88.0 Å². The Labute approximate surface area is 723 Å². The van der Waals surface area contributed by atoms with Crippen molar-refractivity contribution in [2.75, 3.05) is 61.9 Å². The second-order valence-corrected chi connectivity index (χ2v) is 31.3. The second kappa shape index (κ2) is 46.6. The molecule has 2 saturated heterocycles. The molecule has 0 radical (unpaired) electrons. The molecule has 15 amide bonds. The number of fused-ring (bicyclic) bond motifs is 4. The number of phenols is 2. The molecule has 0 spiro atoms. The number of rotatable bonds is 41. The smallest absolute Gasteiger partial charge is 0.352 e. The lowest BCUT2D eigenvalue weighted by Crippen LogP contribution is -2.71. The van der Waals surface area contributed by atoms with Gasteiger partial charge in [0.1, 0.15) is 77.5 Å². The molecule has 0 saturated carbocycles. The zero-order valence-electron chi connectivity index (χ0n) is 68.9. The molecular formula is C78H104N20O27S. The number of amidine groups is 1. The van der Waals surface area contributed by atoms with Crippen LogP contribution in [0.15, 0.2) is 70.5 Å². The van der Waals surface area contributed by atoms with Crippen LogP contribution in [0.2, 0.25) is 0 Å². The lowest BCUT2D eigenvalue weighted by atomic mass is 9.98. The van der Waals surface area contributed by atoms with E-state index in [1.165, 1.54) is 29.7 Å². The van der Waals surface area contributed by atoms with Gasteiger partial charge in [-0.2, -0.15) is 0 Å². The molecule has 23 N–H and O–H groups in total. The van der Waals surface area contributed by atoms with Gasteiger partial charge in [0.15, 0.2) is 17.3 Å². The van der Waals surface area contributed by atoms with Crippen LogP contribution in [0.1, 0.15) is 133 Å². The van der Waals surface area contributed by atoms with Gasteiger partial charge >= 0.3 is 11.9 Å². The Morgan fingerprint density at radius 2 is 1.28 bits per heavy atom. The summed E-state index contributed by atoms with van der Waals surface area (Å²) in [5.41, 5.74) is 1.47. The molecule has 5 aliphatic rings. The quantitative estimate of drug-likeness (QED) is 0.00628. The molecule has 0 aliphatic carbocycles. The van der Waals surface area contributed by atoms with Crippen molar-refractivity contribution in [1.82, 2.24) is 88.8 Å². The number of anilines is 2. The second-order valence-electron chi connectivity index (χ2n) is 30.2. The van der Waals surface area contributed by atoms with Crippen molar-refractivity contribution >= 4 is 137 Å². The number of aromatic hydroxyl groups is 2. The number of carboxylic acids is 2. The lowest BCUT2D eigenvalue weighted by molar-refractivity contribution is -0.151. The number of aliphatic hydroxyl groups excluding tert-OH is 4. The van der Waals surface area contributed by atoms with Crippen LogP contribution >= 0.6 is 11.8 Å². The number of hydrogen-bond donors (Lipinski definition) is 23. The lowest BCUT2D eigenvalue weighted by Gasteiger charge is -2.49. The van der Waals surface area contributed by atoms with Gasteiger partial charge in [0, 0.05) is 74.3 Å². The van der Waals surface area contributed by atoms with Crippen molar-refractivity contribution in [2.24, 2.45) is 4.99 Å². The third kappa shape index (κ3) is 27.0. The van der Waals surface area contributed by atoms with Gasteiger partial charge in [-0.15, -0.1) is 11.8 Å². The average molecular weight is 1790 g/mol. The summed E-state index contributed by atoms with van der Waals surface area (Å²) in [5, 5.41) is 136. The maximum Gasteiger partial charge on any atom is 0.352 e. The molecule has 6 heterocycles. The molecule has 1 aromatic heterocycles. The maximum atomic E-state index is 14.9. The fraction of sp³-hybridized carbons (Fsp3) is 0.513. The van der Waals surface area contributed by atoms with Crippen LogP contribution in [0.4, 0.5) is 11.6 Å². The number of carboxylic acid groups (broad SMARTS) is 2. The van der Waals surface area contributed by atoms with E-state index in [0.29, 0.717) is 22.5 Å². The molecule has 1 unspecified atom stereocenters. The van der Waals surface area contributed by atoms with E-state index >= 15 is 0 Å². The minimum atomic E-state index is -2.06. The van der Waals surface area contributed by atoms with E-state index in [1.807, 2.05) is 0 Å². The Bertz CT molecular complexity index is 4650. The highest BCUT2D eigenvalue weighted by Gasteiger charge is 2.54. The Hall–Kier alpha value is -13.0. The number of carbonyl (C=O) groups is 17. The average Bonchev–Trinajstić information content (AvgIpc) is 0.727. The van der Waals surface area contributed by atoms with Crippen LogP contribution in [-0.2, 0) is 87.9 Å². The molecule has 48 heteroatoms. The summed E-state index contributed by atoms with van der Waals surface area (Å²) < 4.78 is 0. The van der Waals surface area contributed by atoms with Gasteiger partial charge < -0.3 is 115 Å². The van der Waals surface area contributed by atoms with Crippen LogP contribution in [0, 0.1) is 6.92 Å². The summed E-state index contributed by atoms with van der Waals surface area (Å²) in [4.78, 5) is 245. The van der Waals surface area contributed by atoms with E-state index in [1.54, 1.807) is 50.2 Å². The zero-order chi connectivity index (χ0) is 92.3. The fourth-order valence-electron chi connectivity index (χ4n) is 14.0. The molecule has 47 nitrogen and oxygen atoms in total. The Morgan fingerprint density at radius 1 is 0.659 bits per heavy atom. The third-order valence-electron chi connectivity index (χ3n) is 20.6. The monoisotopic (exact) mass is 1780 g/mol. The summed E-state index contributed by atoms with van der Waals surface area (Å²) in [5.74, 6) is -16.7. The fourth-order valence-corrected chi connectivity index (χ4v) is 15.3. The number of aliphatic carboxylic acids is 2. The largest absolute Gasteiger partial charge is 0.504 e. The number of β-lactam (4-membered cyclic amide) rings is 1. The summed E-state index contributed by atoms with van der Waals surface area (Å²) in [6.45, 7) is 1.78. The van der Waals surface area contributed by atoms with Gasteiger partial charge in [0.2, 0.25) is 89.7 Å². The molecule has 14 atom stereocenters. The molecule has 8 rings (SSSR count). The van der Waals surface area contributed by atoms with Gasteiger partial charge in [0.05, 0.1) is 43.2 Å². The maximum absolute atomic E-state index is 14.9. The molecule has 126 heavy (non-hydrogen) atoms. The Balaban J connectivity index is 1.02. The van der Waals surface area contributed by atoms with Crippen LogP contribution in [0.5, 0.6) is 11.5 Å². The predicted octanol–water partition coefficient (Wildman–Crippen LogP) is -5.87. The zero-order valence-corrected chi connectivity index (χ0v) is 69.8. The number of hydrogen-bond acceptors (Lipinski definition) is 31. The van der Waals surface area contributed by atoms with Gasteiger partial charge in [-0.3, -0.25) is 97.0 Å². The number of amides is 15. The highest BCUT2D eigenvalue weighted by atomic mass is 32.2. The van der Waals surface area contributed by atoms with Crippen LogP contribution in [0.25, 0.3) is 6.08 Å². The van der Waals surface area contributed by atoms with E-state index in [-0.39, 0.29) is 147 Å². The van der Waals surface area contributed by atoms with Crippen molar-refractivity contribution in [1.29, 1.82) is 0 Å². The standard InChI is InChI=1S/C78H104N20O27S/c1-38-35-126-76-62(75(121)98(76)63(38)77(122)123)94-74(120)61(42-13-6-5-7-14-42)91-57(108)20-19-44-29-39(2)82-78(83-44)81-25-10-16-46(87-70(116)51(34-100)90-71(117)52-23-26-79-64-49(84-56(107)21-22-58(109)110)30-43-31-54(105)55(106)32-53(43)97(52)64)67(113)89-50(33-99)69(115)88-47(17-11-27-95(124)36-101)66(112)85-45-15-8-9-24-80-72(118)59(40(3)103)93-73(119)60(41(4)104)92-68(114)48(86-65(45)111)18-12-28-96(125)37-102/h5-7,13-14,29-32,36-37,40-41,45-48,50-52,59-62,76,99-100,103-106,124-125H,8-12,15-28,33-35H2,1-4H3,(H,80,118)(H,84,107)(H,85,112)(H,86,111)(H,87,116)(H,88,115)(H,89,113)(H,90,117)(H,91,108)(H,92,114)(H,93,119)(H,94,120)(H,109,110)(H,122,123)(H,81,82,83)/t40-,41-,45+,46+,47+,48+,50-,51-,52+,59-,60-,61-,62?,76-/m1/s1. The van der Waals surface area contributed by atoms with Crippen LogP contribution in [-0.4, -0.2) is 313 Å². The number of aliphatic hydroxyl groups is 4. The number of phenolic OH excluding ortho intramolecular Hbond substituents is 2. The van der Waals surface area contributed by atoms with E-state index in [2.05, 4.69) is 84.1 Å². The number of hydroxylamine groups is 4. The Kier molecular flexibility index (Phi) is 36.4. The molecule has 0 bridgehead atoms. The topological polar surface area (TPSA) is 700 Å². The summed E-state index contributed by atoms with van der Waals surface area (Å²) in [6, 6.07) is -6.36. The summed E-state index contributed by atoms with van der Waals surface area (Å²) in [7, 11) is 0. The highest BCUT2D eigenvalue weighted by Crippen LogP contribution is 2.42. The van der Waals surface area contributed by atoms with Crippen LogP contribution < -0.4 is 74.0 Å². The number of aliphatic imine (C=N–C) groups is 1. The van der Waals surface area contributed by atoms with Crippen molar-refractivity contribution in [3.63, 3.8) is 0 Å². The minimum absolute atomic E-state index is 0.0139. The van der Waals surface area contributed by atoms with E-state index < -0.39 is 236 Å². The Morgan fingerprint density at radius 3 is 1.93 bits per heavy atom. The van der Waals surface area contributed by atoms with Crippen LogP contribution in [0.3, 0.4) is 0 Å². The normalized spacial score (nSPS) is 20.6. The molecule has 2 aromatic carbocycles. The number of carbonyl (C=O) groups excluding carboxylic acids is 15. The summed E-state index contributed by atoms with van der Waals surface area (Å²) in [6.07, 6.45) is -5.48. The predicted molar refractivity (Wildman–Crippen MR) is 439 cm³/mol. The summed E-state index contributed by atoms with van der Waals surface area (Å²) >= 11 is 1.27. The van der Waals surface area contributed by atoms with Crippen molar-refractivity contribution < 1.29 is 133 Å². The van der Waals surface area contributed by atoms with E-state index in [9.17, 15) is 133 Å². The third-order valence-corrected chi connectivity index (χ3v) is 22.0. The molecular weight excluding hydrogens is 1680 g/mol. The first-order valence-corrected chi connectivity index (χ1v) is 41.4. The van der Waals surface area contributed by atoms with E-state index in [4.69, 9.17) is 0 Å². The first kappa shape index (κ1) is 98.4. The highest BCUT2D eigenvalue weighted by molar-refractivity contribution is 8.00. The van der Waals surface area contributed by atoms with Gasteiger partial charge in [-0.25, -0.2) is 24.9 Å². The van der Waals surface area contributed by atoms with Gasteiger partial charge in [-0.1, -0.05) is 30.3 Å². The first-order chi connectivity index (χ1) is 59.9. The number of nitrogens with zero attached hydrogens (tertiary/aromatic N) is 7. The minimum Gasteiger partial charge on any atom is -0.504 e. The number of benzene rings is 2. The number of aromatic nitrogens is 2. The number of thioether (sulfide) groups is 1. The van der Waals surface area contributed by atoms with Crippen molar-refractivity contribution in [3.8, 4) is 11.5 Å². The number of aryl methyl sites for hydroxylation is 2. The molecule has 684 valence electrons. The van der Waals surface area contributed by atoms with Gasteiger partial charge in [-0.05, 0) is 128 Å². The molecule has 2 fully saturated rings. The van der Waals surface area contributed by atoms with Gasteiger partial charge in [0.25, 0.3) is 5.91 Å². The SMILES string of the molecule is CC1=C(C(=O)O)N2C(=O)C(NC(=O)[C@H](NC(=O)CCc3cc(C)nc(NCCC[C@H](NC(=O)[C@@H](CO)NC(=O)[C@@H]4CCN=C5C(NC(=O)CCC(=O)O)=Cc6cc(O)c(O)cc6N54)C(=O)N[C@H](CO)C(=O)N[C@@H](CCCN(O)C=O)C(=O)N[C@H]4CCCCNC(=O)[C@@H]([C@@H](C)O)NC(=O)[C@@H]([C@@H](C)O)NC(=O)[C@H](CCCN(O)C=O)NC4=O)n3)c3ccccc3)[C@H]2SC1. The van der Waals surface area contributed by atoms with Crippen molar-refractivity contribution in [2.45, 2.75) is 202 Å². The molecule has 5 aliphatic heterocycles. The van der Waals surface area contributed by atoms with E-state index in [0.717, 1.165) is 24.0 Å².